The van der Waals surface area contributed by atoms with E-state index in [-0.39, 0.29) is 24.5 Å². The molecule has 1 aliphatic rings. The van der Waals surface area contributed by atoms with E-state index in [1.807, 2.05) is 11.4 Å². The molecule has 2 aromatic rings. The number of carbonyl (C=O) groups is 2. The van der Waals surface area contributed by atoms with Crippen molar-refractivity contribution in [3.8, 4) is 0 Å². The second-order valence-electron chi connectivity index (χ2n) is 6.98. The molecule has 4 nitrogen and oxygen atoms in total. The Bertz CT molecular complexity index is 704. The van der Waals surface area contributed by atoms with Crippen molar-refractivity contribution in [1.29, 1.82) is 0 Å². The summed E-state index contributed by atoms with van der Waals surface area (Å²) in [6, 6.07) is 12.2. The molecule has 1 fully saturated rings. The first-order chi connectivity index (χ1) is 12.7. The maximum absolute atomic E-state index is 12.0. The highest BCUT2D eigenvalue weighted by molar-refractivity contribution is 7.12. The Morgan fingerprint density at radius 1 is 0.962 bits per heavy atom. The molecule has 0 bridgehead atoms. The van der Waals surface area contributed by atoms with Crippen molar-refractivity contribution in [2.24, 2.45) is 0 Å². The molecule has 0 unspecified atom stereocenters. The maximum Gasteiger partial charge on any atom is 0.220 e. The Labute approximate surface area is 159 Å². The topological polar surface area (TPSA) is 50.6 Å². The molecule has 3 rings (SSSR count). The Morgan fingerprint density at radius 3 is 2.38 bits per heavy atom. The zero-order valence-corrected chi connectivity index (χ0v) is 15.9. The number of nitrogens with one attached hydrogen (secondary N) is 2. The van der Waals surface area contributed by atoms with Crippen LogP contribution in [-0.2, 0) is 17.9 Å². The van der Waals surface area contributed by atoms with Crippen LogP contribution in [0.3, 0.4) is 0 Å². The molecule has 0 saturated carbocycles. The molecule has 0 spiro atoms. The molecule has 0 atom stereocenters. The van der Waals surface area contributed by atoms with E-state index in [9.17, 15) is 9.59 Å². The van der Waals surface area contributed by atoms with Gasteiger partial charge in [0.1, 0.15) is 6.54 Å². The van der Waals surface area contributed by atoms with Gasteiger partial charge in [-0.2, -0.15) is 0 Å². The molecule has 1 saturated heterocycles. The largest absolute Gasteiger partial charge is 0.352 e. The summed E-state index contributed by atoms with van der Waals surface area (Å²) in [5.74, 6) is -0.0311. The zero-order chi connectivity index (χ0) is 18.2. The smallest absolute Gasteiger partial charge is 0.220 e. The molecule has 5 heteroatoms. The third-order valence-electron chi connectivity index (χ3n) is 4.90. The van der Waals surface area contributed by atoms with E-state index in [1.165, 1.54) is 49.3 Å². The standard InChI is InChI=1S/C21H26N2O2S/c24-19(20-5-4-14-26-20)10-11-21(25)22-15-17-6-8-18(9-7-17)16-23-12-2-1-3-13-23/h4-9,14H,1-3,10-13,15-16H2,(H,22,25)/p+1. The van der Waals surface area contributed by atoms with Gasteiger partial charge in [0.05, 0.1) is 18.0 Å². The van der Waals surface area contributed by atoms with Crippen molar-refractivity contribution < 1.29 is 14.5 Å². The van der Waals surface area contributed by atoms with Gasteiger partial charge in [-0.05, 0) is 36.3 Å². The van der Waals surface area contributed by atoms with Gasteiger partial charge in [0.2, 0.25) is 5.91 Å². The third kappa shape index (κ3) is 5.78. The quantitative estimate of drug-likeness (QED) is 0.701. The van der Waals surface area contributed by atoms with E-state index >= 15 is 0 Å². The summed E-state index contributed by atoms with van der Waals surface area (Å²) in [7, 11) is 0. The molecule has 1 aromatic heterocycles. The lowest BCUT2D eigenvalue weighted by Crippen LogP contribution is -3.11. The van der Waals surface area contributed by atoms with E-state index in [4.69, 9.17) is 0 Å². The first-order valence-corrected chi connectivity index (χ1v) is 10.3. The maximum atomic E-state index is 12.0. The van der Waals surface area contributed by atoms with Crippen molar-refractivity contribution >= 4 is 23.0 Å². The molecule has 26 heavy (non-hydrogen) atoms. The van der Waals surface area contributed by atoms with E-state index in [0.717, 1.165) is 17.0 Å². The zero-order valence-electron chi connectivity index (χ0n) is 15.1. The average Bonchev–Trinajstić information content (AvgIpc) is 3.21. The molecule has 1 aromatic carbocycles. The second-order valence-corrected chi connectivity index (χ2v) is 7.93. The molecule has 138 valence electrons. The van der Waals surface area contributed by atoms with E-state index in [2.05, 4.69) is 29.6 Å². The SMILES string of the molecule is O=C(CCC(=O)c1cccs1)NCc1ccc(C[NH+]2CCCCC2)cc1. The van der Waals surface area contributed by atoms with Gasteiger partial charge in [0, 0.05) is 24.9 Å². The number of likely N-dealkylation sites (tertiary alicyclic amines) is 1. The van der Waals surface area contributed by atoms with Crippen LogP contribution in [0, 0.1) is 0 Å². The summed E-state index contributed by atoms with van der Waals surface area (Å²) in [5.41, 5.74) is 2.46. The van der Waals surface area contributed by atoms with Crippen LogP contribution < -0.4 is 10.2 Å². The third-order valence-corrected chi connectivity index (χ3v) is 5.81. The Morgan fingerprint density at radius 2 is 1.69 bits per heavy atom. The lowest BCUT2D eigenvalue weighted by atomic mass is 10.1. The minimum Gasteiger partial charge on any atom is -0.352 e. The van der Waals surface area contributed by atoms with Crippen molar-refractivity contribution in [2.75, 3.05) is 13.1 Å². The monoisotopic (exact) mass is 371 g/mol. The number of thiophene rings is 1. The highest BCUT2D eigenvalue weighted by Crippen LogP contribution is 2.12. The number of hydrogen-bond acceptors (Lipinski definition) is 3. The first-order valence-electron chi connectivity index (χ1n) is 9.45. The van der Waals surface area contributed by atoms with Crippen molar-refractivity contribution in [1.82, 2.24) is 5.32 Å². The summed E-state index contributed by atoms with van der Waals surface area (Å²) in [6.07, 6.45) is 4.57. The molecule has 1 amide bonds. The van der Waals surface area contributed by atoms with Crippen LogP contribution in [0.4, 0.5) is 0 Å². The number of carbonyl (C=O) groups excluding carboxylic acids is 2. The normalized spacial score (nSPS) is 14.9. The Kier molecular flexibility index (Phi) is 6.97. The van der Waals surface area contributed by atoms with Crippen LogP contribution in [0.25, 0.3) is 0 Å². The highest BCUT2D eigenvalue weighted by Gasteiger charge is 2.14. The summed E-state index contributed by atoms with van der Waals surface area (Å²) in [4.78, 5) is 26.3. The molecular weight excluding hydrogens is 344 g/mol. The van der Waals surface area contributed by atoms with E-state index in [1.54, 1.807) is 11.0 Å². The number of hydrogen-bond donors (Lipinski definition) is 2. The lowest BCUT2D eigenvalue weighted by molar-refractivity contribution is -0.918. The van der Waals surface area contributed by atoms with Crippen LogP contribution >= 0.6 is 11.3 Å². The fourth-order valence-electron chi connectivity index (χ4n) is 3.37. The fraction of sp³-hybridized carbons (Fsp3) is 0.429. The van der Waals surface area contributed by atoms with Gasteiger partial charge in [0.15, 0.2) is 5.78 Å². The van der Waals surface area contributed by atoms with Crippen molar-refractivity contribution in [3.05, 3.63) is 57.8 Å². The van der Waals surface area contributed by atoms with Gasteiger partial charge >= 0.3 is 0 Å². The molecule has 1 aliphatic heterocycles. The van der Waals surface area contributed by atoms with Gasteiger partial charge in [-0.1, -0.05) is 30.3 Å². The van der Waals surface area contributed by atoms with Gasteiger partial charge in [-0.25, -0.2) is 0 Å². The lowest BCUT2D eigenvalue weighted by Gasteiger charge is -2.23. The van der Waals surface area contributed by atoms with Gasteiger partial charge in [0.25, 0.3) is 0 Å². The predicted molar refractivity (Wildman–Crippen MR) is 104 cm³/mol. The Hall–Kier alpha value is -1.98. The number of rotatable bonds is 8. The predicted octanol–water partition coefficient (Wildman–Crippen LogP) is 2.60. The van der Waals surface area contributed by atoms with Crippen LogP contribution in [0.15, 0.2) is 41.8 Å². The number of Topliss-reactive ketones (excluding diaryl/α,β-unsaturated/α-hetero) is 1. The molecular formula is C21H27N2O2S+. The minimum atomic E-state index is -0.0725. The van der Waals surface area contributed by atoms with Crippen molar-refractivity contribution in [2.45, 2.75) is 45.2 Å². The van der Waals surface area contributed by atoms with Crippen LogP contribution in [0.2, 0.25) is 0 Å². The minimum absolute atomic E-state index is 0.0414. The Balaban J connectivity index is 1.38. The number of ketones is 1. The van der Waals surface area contributed by atoms with E-state index in [0.29, 0.717) is 6.54 Å². The van der Waals surface area contributed by atoms with Crippen LogP contribution in [-0.4, -0.2) is 24.8 Å². The summed E-state index contributed by atoms with van der Waals surface area (Å²) < 4.78 is 0. The van der Waals surface area contributed by atoms with Crippen molar-refractivity contribution in [3.63, 3.8) is 0 Å². The summed E-state index contributed by atoms with van der Waals surface area (Å²) in [5, 5.41) is 4.79. The van der Waals surface area contributed by atoms with Gasteiger partial charge in [-0.15, -0.1) is 11.3 Å². The molecule has 2 heterocycles. The summed E-state index contributed by atoms with van der Waals surface area (Å²) in [6.45, 7) is 4.17. The first kappa shape index (κ1) is 18.8. The number of piperidine rings is 1. The van der Waals surface area contributed by atoms with Gasteiger partial charge < -0.3 is 10.2 Å². The summed E-state index contributed by atoms with van der Waals surface area (Å²) >= 11 is 1.42. The number of amides is 1. The second kappa shape index (κ2) is 9.64. The molecule has 2 N–H and O–H groups in total. The average molecular weight is 372 g/mol. The van der Waals surface area contributed by atoms with E-state index < -0.39 is 0 Å². The molecule has 0 aliphatic carbocycles. The van der Waals surface area contributed by atoms with Crippen LogP contribution in [0.5, 0.6) is 0 Å². The highest BCUT2D eigenvalue weighted by atomic mass is 32.1. The molecule has 0 radical (unpaired) electrons. The van der Waals surface area contributed by atoms with Crippen LogP contribution in [0.1, 0.15) is 52.9 Å². The number of quaternary nitrogens is 1. The van der Waals surface area contributed by atoms with Gasteiger partial charge in [-0.3, -0.25) is 9.59 Å². The fourth-order valence-corrected chi connectivity index (χ4v) is 4.06. The number of benzene rings is 1.